The van der Waals surface area contributed by atoms with Gasteiger partial charge in [0.05, 0.1) is 18.9 Å². The van der Waals surface area contributed by atoms with Gasteiger partial charge in [-0.25, -0.2) is 4.79 Å². The first-order chi connectivity index (χ1) is 12.6. The summed E-state index contributed by atoms with van der Waals surface area (Å²) in [6.45, 7) is 5.51. The van der Waals surface area contributed by atoms with E-state index in [4.69, 9.17) is 13.9 Å². The molecule has 0 bridgehead atoms. The van der Waals surface area contributed by atoms with Gasteiger partial charge in [-0.15, -0.1) is 0 Å². The zero-order valence-electron chi connectivity index (χ0n) is 15.4. The molecule has 2 rings (SSSR count). The van der Waals surface area contributed by atoms with E-state index in [9.17, 15) is 19.7 Å². The van der Waals surface area contributed by atoms with E-state index < -0.39 is 29.3 Å². The molecule has 0 aliphatic carbocycles. The van der Waals surface area contributed by atoms with E-state index in [1.54, 1.807) is 12.1 Å². The minimum atomic E-state index is -0.978. The lowest BCUT2D eigenvalue weighted by atomic mass is 9.87. The monoisotopic (exact) mass is 376 g/mol. The zero-order valence-corrected chi connectivity index (χ0v) is 15.4. The second-order valence-corrected chi connectivity index (χ2v) is 6.68. The summed E-state index contributed by atoms with van der Waals surface area (Å²) >= 11 is 0. The molecule has 27 heavy (non-hydrogen) atoms. The lowest BCUT2D eigenvalue weighted by Crippen LogP contribution is -2.21. The van der Waals surface area contributed by atoms with Crippen LogP contribution in [0.1, 0.15) is 36.9 Å². The van der Waals surface area contributed by atoms with E-state index in [2.05, 4.69) is 5.32 Å². The maximum atomic E-state index is 12.1. The molecule has 0 radical (unpaired) electrons. The lowest BCUT2D eigenvalue weighted by molar-refractivity contribution is -0.402. The maximum absolute atomic E-state index is 12.1. The molecule has 0 atom stereocenters. The van der Waals surface area contributed by atoms with Crippen LogP contribution < -0.4 is 10.1 Å². The Kier molecular flexibility index (Phi) is 5.84. The van der Waals surface area contributed by atoms with Gasteiger partial charge >= 0.3 is 11.9 Å². The number of nitro groups is 1. The van der Waals surface area contributed by atoms with Gasteiger partial charge in [0.2, 0.25) is 5.76 Å². The van der Waals surface area contributed by atoms with Crippen LogP contribution in [0, 0.1) is 10.1 Å². The van der Waals surface area contributed by atoms with Gasteiger partial charge in [-0.1, -0.05) is 26.8 Å². The van der Waals surface area contributed by atoms with E-state index in [1.165, 1.54) is 7.11 Å². The Balaban J connectivity index is 2.02. The number of carbonyl (C=O) groups excluding carboxylic acids is 2. The minimum Gasteiger partial charge on any atom is -0.495 e. The van der Waals surface area contributed by atoms with Gasteiger partial charge in [0.1, 0.15) is 10.7 Å². The molecule has 0 saturated heterocycles. The first-order valence-corrected chi connectivity index (χ1v) is 8.01. The quantitative estimate of drug-likeness (QED) is 0.466. The van der Waals surface area contributed by atoms with Crippen molar-refractivity contribution in [1.82, 2.24) is 0 Å². The number of hydrogen-bond donors (Lipinski definition) is 1. The predicted molar refractivity (Wildman–Crippen MR) is 96.0 cm³/mol. The molecule has 0 aliphatic heterocycles. The molecule has 0 fully saturated rings. The van der Waals surface area contributed by atoms with Crippen molar-refractivity contribution in [1.29, 1.82) is 0 Å². The van der Waals surface area contributed by atoms with Crippen LogP contribution in [0.4, 0.5) is 11.6 Å². The molecule has 1 N–H and O–H groups in total. The Morgan fingerprint density at radius 2 is 1.93 bits per heavy atom. The number of nitrogens with one attached hydrogen (secondary N) is 1. The van der Waals surface area contributed by atoms with E-state index in [0.29, 0.717) is 11.4 Å². The lowest BCUT2D eigenvalue weighted by Gasteiger charge is -2.21. The molecule has 0 saturated carbocycles. The second-order valence-electron chi connectivity index (χ2n) is 6.68. The zero-order chi connectivity index (χ0) is 20.2. The molecule has 0 aliphatic rings. The van der Waals surface area contributed by atoms with Crippen LogP contribution in [-0.2, 0) is 14.9 Å². The fourth-order valence-corrected chi connectivity index (χ4v) is 2.20. The fraction of sp³-hybridized carbons (Fsp3) is 0.333. The highest BCUT2D eigenvalue weighted by Crippen LogP contribution is 2.31. The molecule has 9 heteroatoms. The molecule has 1 amide bonds. The van der Waals surface area contributed by atoms with Crippen LogP contribution in [0.15, 0.2) is 34.7 Å². The standard InChI is InChI=1S/C18H20N2O7/c1-18(2,3)11-5-6-13(25-4)12(9-11)19-15(21)10-26-17(22)14-7-8-16(27-14)20(23)24/h5-9H,10H2,1-4H3,(H,19,21). The topological polar surface area (TPSA) is 121 Å². The Bertz CT molecular complexity index is 865. The van der Waals surface area contributed by atoms with Crippen molar-refractivity contribution in [3.63, 3.8) is 0 Å². The highest BCUT2D eigenvalue weighted by Gasteiger charge is 2.20. The smallest absolute Gasteiger partial charge is 0.433 e. The first-order valence-electron chi connectivity index (χ1n) is 8.01. The molecule has 0 unspecified atom stereocenters. The molecular formula is C18H20N2O7. The van der Waals surface area contributed by atoms with Crippen molar-refractivity contribution >= 4 is 23.4 Å². The average molecular weight is 376 g/mol. The molecular weight excluding hydrogens is 356 g/mol. The highest BCUT2D eigenvalue weighted by molar-refractivity contribution is 5.95. The summed E-state index contributed by atoms with van der Waals surface area (Å²) in [5.74, 6) is -2.05. The number of ether oxygens (including phenoxy) is 2. The molecule has 144 valence electrons. The van der Waals surface area contributed by atoms with Crippen molar-refractivity contribution in [3.8, 4) is 5.75 Å². The van der Waals surface area contributed by atoms with Gasteiger partial charge in [0.15, 0.2) is 6.61 Å². The van der Waals surface area contributed by atoms with Crippen LogP contribution >= 0.6 is 0 Å². The molecule has 1 heterocycles. The molecule has 1 aromatic carbocycles. The average Bonchev–Trinajstić information content (AvgIpc) is 3.09. The van der Waals surface area contributed by atoms with Gasteiger partial charge in [0.25, 0.3) is 5.91 Å². The number of carbonyl (C=O) groups is 2. The fourth-order valence-electron chi connectivity index (χ4n) is 2.20. The second kappa shape index (κ2) is 7.90. The van der Waals surface area contributed by atoms with Crippen LogP contribution in [0.5, 0.6) is 5.75 Å². The minimum absolute atomic E-state index is 0.133. The Labute approximate surface area is 155 Å². The number of methoxy groups -OCH3 is 1. The van der Waals surface area contributed by atoms with Crippen molar-refractivity contribution in [2.45, 2.75) is 26.2 Å². The summed E-state index contributed by atoms with van der Waals surface area (Å²) in [7, 11) is 1.48. The van der Waals surface area contributed by atoms with E-state index in [0.717, 1.165) is 17.7 Å². The summed E-state index contributed by atoms with van der Waals surface area (Å²) in [5.41, 5.74) is 1.30. The highest BCUT2D eigenvalue weighted by atomic mass is 16.7. The normalized spacial score (nSPS) is 11.0. The van der Waals surface area contributed by atoms with E-state index in [1.807, 2.05) is 26.8 Å². The molecule has 9 nitrogen and oxygen atoms in total. The number of benzene rings is 1. The van der Waals surface area contributed by atoms with Gasteiger partial charge < -0.3 is 19.2 Å². The van der Waals surface area contributed by atoms with Gasteiger partial charge in [0, 0.05) is 0 Å². The Morgan fingerprint density at radius 3 is 2.48 bits per heavy atom. The van der Waals surface area contributed by atoms with Crippen molar-refractivity contribution in [2.24, 2.45) is 0 Å². The number of rotatable bonds is 6. The summed E-state index contributed by atoms with van der Waals surface area (Å²) in [4.78, 5) is 33.7. The van der Waals surface area contributed by atoms with E-state index >= 15 is 0 Å². The summed E-state index contributed by atoms with van der Waals surface area (Å²) < 4.78 is 14.8. The Hall–Kier alpha value is -3.36. The first kappa shape index (κ1) is 20.0. The van der Waals surface area contributed by atoms with Crippen molar-refractivity contribution in [3.05, 3.63) is 51.8 Å². The molecule has 0 spiro atoms. The SMILES string of the molecule is COc1ccc(C(C)(C)C)cc1NC(=O)COC(=O)c1ccc([N+](=O)[O-])o1. The molecule has 2 aromatic rings. The predicted octanol–water partition coefficient (Wildman–Crippen LogP) is 3.29. The van der Waals surface area contributed by atoms with Gasteiger partial charge in [-0.2, -0.15) is 0 Å². The van der Waals surface area contributed by atoms with Gasteiger partial charge in [-0.3, -0.25) is 14.9 Å². The summed E-state index contributed by atoms with van der Waals surface area (Å²) in [5, 5.41) is 13.2. The number of furan rings is 1. The third-order valence-corrected chi connectivity index (χ3v) is 3.65. The number of esters is 1. The van der Waals surface area contributed by atoms with Crippen LogP contribution in [0.2, 0.25) is 0 Å². The van der Waals surface area contributed by atoms with Gasteiger partial charge in [-0.05, 0) is 29.2 Å². The largest absolute Gasteiger partial charge is 0.495 e. The summed E-state index contributed by atoms with van der Waals surface area (Å²) in [6.07, 6.45) is 0. The number of anilines is 1. The van der Waals surface area contributed by atoms with Crippen LogP contribution in [-0.4, -0.2) is 30.5 Å². The number of hydrogen-bond acceptors (Lipinski definition) is 7. The number of amides is 1. The summed E-state index contributed by atoms with van der Waals surface area (Å²) in [6, 6.07) is 7.56. The third-order valence-electron chi connectivity index (χ3n) is 3.65. The molecule has 1 aromatic heterocycles. The maximum Gasteiger partial charge on any atom is 0.433 e. The van der Waals surface area contributed by atoms with E-state index in [-0.39, 0.29) is 11.2 Å². The third kappa shape index (κ3) is 5.06. The van der Waals surface area contributed by atoms with Crippen LogP contribution in [0.3, 0.4) is 0 Å². The van der Waals surface area contributed by atoms with Crippen molar-refractivity contribution in [2.75, 3.05) is 19.0 Å². The number of nitrogens with zero attached hydrogens (tertiary/aromatic N) is 1. The van der Waals surface area contributed by atoms with Crippen molar-refractivity contribution < 1.29 is 28.4 Å². The van der Waals surface area contributed by atoms with Crippen LogP contribution in [0.25, 0.3) is 0 Å². The Morgan fingerprint density at radius 1 is 1.22 bits per heavy atom.